The number of carbonyl (C=O) groups is 6. The van der Waals surface area contributed by atoms with E-state index in [0.29, 0.717) is 4.57 Å². The quantitative estimate of drug-likeness (QED) is 0.00497. The van der Waals surface area contributed by atoms with Crippen LogP contribution >= 0.6 is 80.6 Å². The minimum absolute atomic E-state index is 0. The molecule has 122 heavy (non-hydrogen) atoms. The zero-order chi connectivity index (χ0) is 89.8. The number of carbonyl (C=O) groups excluding carboxylic acids is 3. The third-order valence-electron chi connectivity index (χ3n) is 13.2. The fraction of sp³-hybridized carbons (Fsp3) is 0.500. The Labute approximate surface area is 743 Å². The van der Waals surface area contributed by atoms with E-state index in [-0.39, 0.29) is 142 Å². The Kier molecular flexibility index (Phi) is 66.0. The van der Waals surface area contributed by atoms with Gasteiger partial charge in [0.25, 0.3) is 8.25 Å². The molecule has 0 radical (unpaired) electrons. The van der Waals surface area contributed by atoms with Crippen LogP contribution < -0.4 is 131 Å². The monoisotopic (exact) mass is 2070 g/mol. The maximum absolute atomic E-state index is 11.3. The normalized spacial score (nSPS) is 13.4. The van der Waals surface area contributed by atoms with Crippen LogP contribution in [0.4, 0.5) is 0 Å². The van der Waals surface area contributed by atoms with Crippen molar-refractivity contribution in [3.63, 3.8) is 0 Å². The number of aromatic nitrogens is 12. The van der Waals surface area contributed by atoms with Gasteiger partial charge in [0, 0.05) is 12.4 Å². The van der Waals surface area contributed by atoms with Crippen molar-refractivity contribution in [2.24, 2.45) is 0 Å². The number of aliphatic carboxylic acids is 3. The molecule has 706 valence electrons. The second kappa shape index (κ2) is 58.3. The summed E-state index contributed by atoms with van der Waals surface area (Å²) in [6.07, 6.45) is 24.4. The molecule has 0 saturated carbocycles. The molecule has 0 amide bonds. The summed E-state index contributed by atoms with van der Waals surface area (Å²) in [5.74, 6) is -6.43. The first-order chi connectivity index (χ1) is 51.2. The molecule has 23 N–H and O–H groups in total. The molecule has 0 aromatic carbocycles. The molecule has 6 rings (SSSR count). The van der Waals surface area contributed by atoms with Crippen LogP contribution in [0.1, 0.15) is 14.4 Å². The largest absolute Gasteiger partial charge is 1.00 e. The molecule has 0 aliphatic rings. The number of nitrogens with zero attached hydrogens (tertiary/aromatic N) is 12. The zero-order valence-electron chi connectivity index (χ0n) is 63.2. The zero-order valence-corrected chi connectivity index (χ0v) is 78.0. The van der Waals surface area contributed by atoms with Gasteiger partial charge in [-0.1, -0.05) is 31.6 Å². The minimum atomic E-state index is -6.20. The minimum Gasteiger partial charge on any atom is -1.00 e. The number of halogens is 5. The second-order valence-electron chi connectivity index (χ2n) is 23.5. The molecule has 0 saturated heterocycles. The van der Waals surface area contributed by atoms with E-state index in [0.717, 1.165) is 79.7 Å². The van der Waals surface area contributed by atoms with Gasteiger partial charge in [-0.3, -0.25) is 27.6 Å². The molecule has 6 aromatic rings. The molecule has 6 heterocycles. The number of hydrogen-bond acceptors (Lipinski definition) is 31. The van der Waals surface area contributed by atoms with Gasteiger partial charge in [0.05, 0.1) is 27.7 Å². The van der Waals surface area contributed by atoms with Crippen LogP contribution in [-0.4, -0.2) is 240 Å². The SMILES string of the molecule is C.CC(O)(C[n+]1ccn(CC(O)(P(=O)(O)O)P(=O)(O)O)c1)P(=O)(O)O.COC(=O)CCl.COC(=O)Cn1cc[n+](CC(=O)OC)c1.C[Si](C)(C)n1ccnc1.O.O=C(O)C[n+]1ccn(CC(O)(P(=O)(O)O)P(=O)(O)O)c1.O=C(O)Cn1cc[n+](CC(=O)O)c1.O=P([O-])(O)C(O)Cn1cc[n+](CC(O)(P(=O)([O-])[O-])P(=O)([O-])O)c1.O=[P+]([O-])[O-].[Cl-].[Cl-].[Cl-].[Cl-].[Na+].[OH-]. The van der Waals surface area contributed by atoms with Crippen molar-refractivity contribution in [2.75, 3.05) is 27.2 Å². The van der Waals surface area contributed by atoms with Gasteiger partial charge >= 0.3 is 114 Å². The van der Waals surface area contributed by atoms with Gasteiger partial charge in [-0.05, 0) is 14.5 Å². The predicted molar refractivity (Wildman–Crippen MR) is 373 cm³/mol. The molecule has 58 nitrogen and oxygen atoms in total. The maximum atomic E-state index is 11.3. The van der Waals surface area contributed by atoms with E-state index in [1.165, 1.54) is 55.4 Å². The average molecular weight is 2080 g/mol. The van der Waals surface area contributed by atoms with Crippen molar-refractivity contribution in [3.05, 3.63) is 112 Å². The van der Waals surface area contributed by atoms with E-state index < -0.39 is 167 Å². The van der Waals surface area contributed by atoms with E-state index in [1.54, 1.807) is 27.9 Å². The topological polar surface area (TPSA) is 950 Å². The summed E-state index contributed by atoms with van der Waals surface area (Å²) in [7, 11) is -45.1. The molecule has 0 bridgehead atoms. The number of hydrogen-bond donors (Lipinski definition) is 20. The third-order valence-corrected chi connectivity index (χ3v) is 28.5. The fourth-order valence-corrected chi connectivity index (χ4v) is 15.1. The molecular formula is C48H89Cl5N12NaO46P9Si-4. The number of esters is 3. The van der Waals surface area contributed by atoms with Crippen LogP contribution in [0.5, 0.6) is 0 Å². The van der Waals surface area contributed by atoms with Crippen molar-refractivity contribution in [1.29, 1.82) is 0 Å². The van der Waals surface area contributed by atoms with E-state index in [9.17, 15) is 105 Å². The van der Waals surface area contributed by atoms with Gasteiger partial charge in [-0.15, -0.1) is 11.6 Å². The first-order valence-corrected chi connectivity index (χ1v) is 47.5. The summed E-state index contributed by atoms with van der Waals surface area (Å²) in [6.45, 7) is 2.16. The molecule has 6 aromatic heterocycles. The molecule has 5 unspecified atom stereocenters. The first-order valence-electron chi connectivity index (χ1n) is 29.6. The molecule has 0 aliphatic carbocycles. The summed E-state index contributed by atoms with van der Waals surface area (Å²) >= 11 is 4.98. The first kappa shape index (κ1) is 138. The molecule has 0 aliphatic heterocycles. The predicted octanol–water partition coefficient (Wildman–Crippen LogP) is -26.7. The molecule has 5 atom stereocenters. The number of methoxy groups -OCH3 is 3. The summed E-state index contributed by atoms with van der Waals surface area (Å²) in [4.78, 5) is 234. The Morgan fingerprint density at radius 1 is 0.508 bits per heavy atom. The van der Waals surface area contributed by atoms with E-state index >= 15 is 0 Å². The molecule has 0 spiro atoms. The van der Waals surface area contributed by atoms with Gasteiger partial charge in [0.1, 0.15) is 101 Å². The van der Waals surface area contributed by atoms with Crippen LogP contribution in [-0.2, 0) is 150 Å². The van der Waals surface area contributed by atoms with Crippen molar-refractivity contribution < 1.29 is 326 Å². The second-order valence-corrected chi connectivity index (χ2v) is 44.8. The van der Waals surface area contributed by atoms with Crippen molar-refractivity contribution >= 4 is 125 Å². The number of rotatable bonds is 30. The Balaban J connectivity index is -0.000000151. The molecule has 0 fully saturated rings. The number of imidazole rings is 6. The standard InChI is InChI=1S/C9H13N2O4.C8H17N2O11P3.C7H15N2O11P3.C7H12N2O9P2.C7H8N2O4.C6H12N2Si.C3H5ClO2.CH4.4ClH.Na.HO3P.2H2O/c1-14-8(12)5-10-3-4-11(7-10)6-9(13)15-2;1-7(11,22(13,14)15)4-9-2-3-10(6-9)5-8(12,23(16,17)18)24(19,20)21;10-6(21(12,13)14)3-8-1-2-9(5-8)4-7(11,22(15,16)17)23(18,19)20;10-6(11)3-8-1-2-9(5-8)4-7(12,19(13,14)15)20(16,17)18;10-6(11)3-8-1-2-9(5-8)4-7(12)13;1-9(2,3)8-5-4-7-6-8;1-6-3(5)2-4;;;;;;;1-4(2)3;;/h3-4,7H,5-6H2,1-2H3;2-3,6,11-12H,4-5H2,1H3,(H5-,13,14,15,16,17,18,19,20,21);1-2,5-6,10-11H,3-4H2,(H5-,12,13,14,15,16,17,18,19,20);1-2,5,12H,3-4H2,(H4-,10,11,13,14,15,16,17,18);1-2,5H,3-4H2,(H-,10,11,12,13);4-6H,1-3H3;2H2,1H3;1H4;4*1H;;(H,1,2,3);2*1H2/q+1;;;;;;;;;;;;+1;;;/p-6. The number of carboxylic acid groups (broad SMARTS) is 3. The third kappa shape index (κ3) is 49.9. The van der Waals surface area contributed by atoms with Crippen molar-refractivity contribution in [1.82, 2.24) is 32.1 Å². The average Bonchev–Trinajstić information content (AvgIpc) is 1.22. The van der Waals surface area contributed by atoms with E-state index in [4.69, 9.17) is 105 Å². The van der Waals surface area contributed by atoms with Crippen LogP contribution in [0.2, 0.25) is 19.6 Å². The Morgan fingerprint density at radius 2 is 0.820 bits per heavy atom. The fourth-order valence-electron chi connectivity index (χ4n) is 7.25. The van der Waals surface area contributed by atoms with Crippen LogP contribution in [0.15, 0.2) is 112 Å². The van der Waals surface area contributed by atoms with Gasteiger partial charge in [-0.25, -0.2) is 74.6 Å². The van der Waals surface area contributed by atoms with Gasteiger partial charge in [0.15, 0.2) is 67.1 Å². The Morgan fingerprint density at radius 3 is 1.09 bits per heavy atom. The summed E-state index contributed by atoms with van der Waals surface area (Å²) in [6, 6.07) is 0. The van der Waals surface area contributed by atoms with Gasteiger partial charge in [0.2, 0.25) is 37.0 Å². The number of aliphatic hydroxyl groups excluding tert-OH is 1. The number of carboxylic acids is 3. The Hall–Kier alpha value is -4.31. The van der Waals surface area contributed by atoms with Crippen LogP contribution in [0, 0.1) is 0 Å². The smallest absolute Gasteiger partial charge is 1.00 e. The Bertz CT molecular complexity index is 4430. The summed E-state index contributed by atoms with van der Waals surface area (Å²) in [5.41, 5.74) is 0. The number of alkyl halides is 1. The van der Waals surface area contributed by atoms with E-state index in [2.05, 4.69) is 43.1 Å². The van der Waals surface area contributed by atoms with Crippen molar-refractivity contribution in [2.45, 2.75) is 126 Å². The number of aliphatic hydroxyl groups is 5. The van der Waals surface area contributed by atoms with E-state index in [1.807, 2.05) is 18.7 Å². The molecule has 74 heteroatoms. The summed E-state index contributed by atoms with van der Waals surface area (Å²) in [5, 5.41) is 59.5. The summed E-state index contributed by atoms with van der Waals surface area (Å²) < 4.78 is 124. The molecular weight excluding hydrogens is 1990 g/mol. The van der Waals surface area contributed by atoms with Crippen LogP contribution in [0.25, 0.3) is 0 Å². The van der Waals surface area contributed by atoms with Crippen LogP contribution in [0.3, 0.4) is 0 Å². The number of ether oxygens (including phenoxy) is 3. The van der Waals surface area contributed by atoms with Gasteiger partial charge in [-0.2, -0.15) is 0 Å². The maximum Gasteiger partial charge on any atom is 1.00 e. The van der Waals surface area contributed by atoms with Gasteiger partial charge < -0.3 is 222 Å². The van der Waals surface area contributed by atoms with Crippen molar-refractivity contribution in [3.8, 4) is 0 Å².